The molecule has 4 rings (SSSR count). The van der Waals surface area contributed by atoms with Crippen molar-refractivity contribution in [2.24, 2.45) is 0 Å². The molecule has 0 saturated carbocycles. The molecule has 2 aromatic carbocycles. The van der Waals surface area contributed by atoms with Crippen molar-refractivity contribution in [3.63, 3.8) is 0 Å². The number of Topliss-reactive ketones (excluding diaryl/α,β-unsaturated/α-hetero) is 1. The van der Waals surface area contributed by atoms with E-state index >= 15 is 0 Å². The number of ketones is 1. The first kappa shape index (κ1) is 19.1. The van der Waals surface area contributed by atoms with E-state index in [9.17, 15) is 9.59 Å². The first-order valence-corrected chi connectivity index (χ1v) is 10.1. The highest BCUT2D eigenvalue weighted by Gasteiger charge is 2.23. The molecule has 0 bridgehead atoms. The van der Waals surface area contributed by atoms with Crippen molar-refractivity contribution in [2.75, 3.05) is 11.4 Å². The van der Waals surface area contributed by atoms with Gasteiger partial charge in [0.25, 0.3) is 0 Å². The second kappa shape index (κ2) is 8.39. The van der Waals surface area contributed by atoms with Gasteiger partial charge in [-0.05, 0) is 53.3 Å². The van der Waals surface area contributed by atoms with Crippen molar-refractivity contribution in [1.29, 1.82) is 0 Å². The molecule has 1 aromatic heterocycles. The quantitative estimate of drug-likeness (QED) is 0.570. The summed E-state index contributed by atoms with van der Waals surface area (Å²) in [6.45, 7) is 2.66. The van der Waals surface area contributed by atoms with Gasteiger partial charge in [0.15, 0.2) is 5.78 Å². The molecular weight excluding hydrogens is 360 g/mol. The lowest BCUT2D eigenvalue weighted by atomic mass is 9.98. The summed E-state index contributed by atoms with van der Waals surface area (Å²) >= 11 is 0. The molecule has 0 unspecified atom stereocenters. The minimum atomic E-state index is 0.142. The van der Waals surface area contributed by atoms with Crippen LogP contribution in [0.4, 0.5) is 5.69 Å². The van der Waals surface area contributed by atoms with Gasteiger partial charge < -0.3 is 4.90 Å². The zero-order valence-corrected chi connectivity index (χ0v) is 16.6. The summed E-state index contributed by atoms with van der Waals surface area (Å²) in [7, 11) is 0. The van der Waals surface area contributed by atoms with Gasteiger partial charge in [0, 0.05) is 43.0 Å². The summed E-state index contributed by atoms with van der Waals surface area (Å²) in [6, 6.07) is 18.0. The van der Waals surface area contributed by atoms with Gasteiger partial charge >= 0.3 is 0 Å². The molecule has 146 valence electrons. The molecule has 3 aromatic rings. The second-order valence-corrected chi connectivity index (χ2v) is 7.35. The molecular formula is C25H24N2O2. The average molecular weight is 384 g/mol. The van der Waals surface area contributed by atoms with Crippen molar-refractivity contribution in [2.45, 2.75) is 32.6 Å². The normalized spacial score (nSPS) is 12.7. The van der Waals surface area contributed by atoms with Crippen LogP contribution in [0.5, 0.6) is 0 Å². The van der Waals surface area contributed by atoms with Crippen LogP contribution >= 0.6 is 0 Å². The highest BCUT2D eigenvalue weighted by molar-refractivity contribution is 5.97. The van der Waals surface area contributed by atoms with Gasteiger partial charge in [-0.3, -0.25) is 14.6 Å². The van der Waals surface area contributed by atoms with E-state index in [0.29, 0.717) is 19.3 Å². The van der Waals surface area contributed by atoms with Gasteiger partial charge in [-0.25, -0.2) is 0 Å². The number of aromatic nitrogens is 1. The van der Waals surface area contributed by atoms with Gasteiger partial charge in [-0.15, -0.1) is 0 Å². The number of hydrogen-bond donors (Lipinski definition) is 0. The second-order valence-electron chi connectivity index (χ2n) is 7.35. The standard InChI is InChI=1S/C25H24N2O2/c1-2-25(29)27-15-13-22-16-21(10-11-23(22)27)19-6-8-20(9-7-19)24(28)12-5-18-4-3-14-26-17-18/h3-4,6-11,14,16-17H,2,5,12-13,15H2,1H3. The number of pyridine rings is 1. The molecule has 29 heavy (non-hydrogen) atoms. The topological polar surface area (TPSA) is 50.3 Å². The van der Waals surface area contributed by atoms with Crippen LogP contribution in [0.25, 0.3) is 11.1 Å². The van der Waals surface area contributed by atoms with E-state index in [1.807, 2.05) is 54.3 Å². The maximum Gasteiger partial charge on any atom is 0.226 e. The Hall–Kier alpha value is -3.27. The van der Waals surface area contributed by atoms with E-state index in [1.165, 1.54) is 5.56 Å². The number of rotatable bonds is 6. The Labute approximate surface area is 171 Å². The smallest absolute Gasteiger partial charge is 0.226 e. The van der Waals surface area contributed by atoms with Crippen LogP contribution in [0.15, 0.2) is 67.0 Å². The van der Waals surface area contributed by atoms with E-state index < -0.39 is 0 Å². The fourth-order valence-corrected chi connectivity index (χ4v) is 3.83. The van der Waals surface area contributed by atoms with E-state index in [4.69, 9.17) is 0 Å². The number of nitrogens with zero attached hydrogens (tertiary/aromatic N) is 2. The lowest BCUT2D eigenvalue weighted by molar-refractivity contribution is -0.118. The van der Waals surface area contributed by atoms with Crippen LogP contribution < -0.4 is 4.90 Å². The van der Waals surface area contributed by atoms with Gasteiger partial charge in [-0.1, -0.05) is 43.3 Å². The van der Waals surface area contributed by atoms with E-state index in [-0.39, 0.29) is 11.7 Å². The molecule has 1 amide bonds. The SMILES string of the molecule is CCC(=O)N1CCc2cc(-c3ccc(C(=O)CCc4cccnc4)cc3)ccc21. The Morgan fingerprint density at radius 2 is 1.83 bits per heavy atom. The average Bonchev–Trinajstić information content (AvgIpc) is 3.21. The number of carbonyl (C=O) groups is 2. The maximum atomic E-state index is 12.5. The van der Waals surface area contributed by atoms with Gasteiger partial charge in [0.1, 0.15) is 0 Å². The molecule has 0 spiro atoms. The molecule has 2 heterocycles. The summed E-state index contributed by atoms with van der Waals surface area (Å²) in [5, 5.41) is 0. The number of amides is 1. The predicted octanol–water partition coefficient (Wildman–Crippen LogP) is 4.86. The van der Waals surface area contributed by atoms with Crippen molar-refractivity contribution < 1.29 is 9.59 Å². The van der Waals surface area contributed by atoms with E-state index in [2.05, 4.69) is 17.1 Å². The molecule has 0 radical (unpaired) electrons. The van der Waals surface area contributed by atoms with Gasteiger partial charge in [0.2, 0.25) is 5.91 Å². The number of anilines is 1. The summed E-state index contributed by atoms with van der Waals surface area (Å²) < 4.78 is 0. The van der Waals surface area contributed by atoms with Crippen molar-refractivity contribution in [3.05, 3.63) is 83.7 Å². The van der Waals surface area contributed by atoms with Crippen molar-refractivity contribution >= 4 is 17.4 Å². The van der Waals surface area contributed by atoms with Crippen LogP contribution in [0.3, 0.4) is 0 Å². The summed E-state index contributed by atoms with van der Waals surface area (Å²) in [4.78, 5) is 30.5. The maximum absolute atomic E-state index is 12.5. The fourth-order valence-electron chi connectivity index (χ4n) is 3.83. The molecule has 0 fully saturated rings. The first-order chi connectivity index (χ1) is 14.2. The minimum absolute atomic E-state index is 0.142. The van der Waals surface area contributed by atoms with E-state index in [1.54, 1.807) is 12.4 Å². The van der Waals surface area contributed by atoms with Crippen LogP contribution in [0.1, 0.15) is 41.3 Å². The molecule has 1 aliphatic rings. The fraction of sp³-hybridized carbons (Fsp3) is 0.240. The van der Waals surface area contributed by atoms with Crippen LogP contribution in [-0.4, -0.2) is 23.2 Å². The number of aryl methyl sites for hydroxylation is 1. The predicted molar refractivity (Wildman–Crippen MR) is 115 cm³/mol. The Morgan fingerprint density at radius 1 is 1.03 bits per heavy atom. The summed E-state index contributed by atoms with van der Waals surface area (Å²) in [5.74, 6) is 0.314. The molecule has 0 aliphatic carbocycles. The number of fused-ring (bicyclic) bond motifs is 1. The molecule has 1 aliphatic heterocycles. The molecule has 4 nitrogen and oxygen atoms in total. The lowest BCUT2D eigenvalue weighted by Crippen LogP contribution is -2.27. The van der Waals surface area contributed by atoms with Gasteiger partial charge in [0.05, 0.1) is 0 Å². The Balaban J connectivity index is 1.45. The zero-order chi connectivity index (χ0) is 20.2. The highest BCUT2D eigenvalue weighted by Crippen LogP contribution is 2.32. The minimum Gasteiger partial charge on any atom is -0.312 e. The van der Waals surface area contributed by atoms with Crippen LogP contribution in [0, 0.1) is 0 Å². The van der Waals surface area contributed by atoms with Crippen LogP contribution in [0.2, 0.25) is 0 Å². The molecule has 0 saturated heterocycles. The van der Waals surface area contributed by atoms with Crippen molar-refractivity contribution in [1.82, 2.24) is 4.98 Å². The number of carbonyl (C=O) groups excluding carboxylic acids is 2. The van der Waals surface area contributed by atoms with E-state index in [0.717, 1.165) is 40.9 Å². The van der Waals surface area contributed by atoms with Crippen LogP contribution in [-0.2, 0) is 17.6 Å². The first-order valence-electron chi connectivity index (χ1n) is 10.1. The third kappa shape index (κ3) is 4.11. The largest absolute Gasteiger partial charge is 0.312 e. The third-order valence-corrected chi connectivity index (χ3v) is 5.48. The zero-order valence-electron chi connectivity index (χ0n) is 16.6. The summed E-state index contributed by atoms with van der Waals surface area (Å²) in [6.07, 6.45) is 6.14. The Morgan fingerprint density at radius 3 is 2.55 bits per heavy atom. The van der Waals surface area contributed by atoms with Crippen molar-refractivity contribution in [3.8, 4) is 11.1 Å². The Kier molecular flexibility index (Phi) is 5.52. The monoisotopic (exact) mass is 384 g/mol. The molecule has 0 N–H and O–H groups in total. The third-order valence-electron chi connectivity index (χ3n) is 5.48. The number of benzene rings is 2. The summed E-state index contributed by atoms with van der Waals surface area (Å²) in [5.41, 5.74) is 6.24. The Bertz CT molecular complexity index is 1030. The number of hydrogen-bond acceptors (Lipinski definition) is 3. The molecule has 0 atom stereocenters. The highest BCUT2D eigenvalue weighted by atomic mass is 16.2. The molecule has 4 heteroatoms. The van der Waals surface area contributed by atoms with Gasteiger partial charge in [-0.2, -0.15) is 0 Å². The lowest BCUT2D eigenvalue weighted by Gasteiger charge is -2.16.